The summed E-state index contributed by atoms with van der Waals surface area (Å²) in [6.07, 6.45) is 3.29. The number of amides is 1. The van der Waals surface area contributed by atoms with Crippen LogP contribution in [0.1, 0.15) is 11.4 Å². The number of nitrogens with one attached hydrogen (secondary N) is 2. The van der Waals surface area contributed by atoms with Gasteiger partial charge in [-0.1, -0.05) is 42.5 Å². The van der Waals surface area contributed by atoms with Crippen LogP contribution in [0.4, 0.5) is 5.69 Å². The topological polar surface area (TPSA) is 70.7 Å². The number of aromatic nitrogens is 3. The van der Waals surface area contributed by atoms with E-state index < -0.39 is 0 Å². The Morgan fingerprint density at radius 3 is 2.70 bits per heavy atom. The molecule has 3 aromatic rings. The Balaban J connectivity index is 1.70. The number of nitrogens with zero attached hydrogens (tertiary/aromatic N) is 2. The van der Waals surface area contributed by atoms with Crippen LogP contribution >= 0.6 is 0 Å². The highest BCUT2D eigenvalue weighted by Crippen LogP contribution is 2.19. The van der Waals surface area contributed by atoms with Gasteiger partial charge in [-0.05, 0) is 30.7 Å². The van der Waals surface area contributed by atoms with Gasteiger partial charge in [0.1, 0.15) is 5.82 Å². The third-order valence-corrected chi connectivity index (χ3v) is 3.21. The molecule has 1 heterocycles. The maximum atomic E-state index is 12.0. The lowest BCUT2D eigenvalue weighted by Crippen LogP contribution is -2.07. The van der Waals surface area contributed by atoms with E-state index in [0.717, 1.165) is 17.0 Å². The third-order valence-electron chi connectivity index (χ3n) is 3.21. The minimum Gasteiger partial charge on any atom is -0.322 e. The fourth-order valence-electron chi connectivity index (χ4n) is 2.13. The second-order valence-corrected chi connectivity index (χ2v) is 5.06. The fraction of sp³-hybridized carbons (Fsp3) is 0.0556. The number of anilines is 1. The Bertz CT molecular complexity index is 837. The van der Waals surface area contributed by atoms with Gasteiger partial charge >= 0.3 is 0 Å². The SMILES string of the molecule is Cc1nc(-c2cccc(NC(=O)C=Cc3ccccc3)c2)n[nH]1. The number of H-pyrrole nitrogens is 1. The molecule has 5 nitrogen and oxygen atoms in total. The number of carbonyl (C=O) groups is 1. The molecule has 0 fully saturated rings. The number of aromatic amines is 1. The number of rotatable bonds is 4. The van der Waals surface area contributed by atoms with Crippen LogP contribution in [0.5, 0.6) is 0 Å². The van der Waals surface area contributed by atoms with Gasteiger partial charge < -0.3 is 5.32 Å². The van der Waals surface area contributed by atoms with E-state index in [-0.39, 0.29) is 5.91 Å². The summed E-state index contributed by atoms with van der Waals surface area (Å²) in [5.41, 5.74) is 2.53. The molecule has 0 atom stereocenters. The van der Waals surface area contributed by atoms with E-state index in [1.165, 1.54) is 6.08 Å². The number of hydrogen-bond donors (Lipinski definition) is 2. The third kappa shape index (κ3) is 3.91. The number of carbonyl (C=O) groups excluding carboxylic acids is 1. The molecule has 0 aliphatic rings. The number of aryl methyl sites for hydroxylation is 1. The summed E-state index contributed by atoms with van der Waals surface area (Å²) >= 11 is 0. The van der Waals surface area contributed by atoms with Crippen LogP contribution in [0.2, 0.25) is 0 Å². The van der Waals surface area contributed by atoms with Crippen molar-refractivity contribution in [3.63, 3.8) is 0 Å². The summed E-state index contributed by atoms with van der Waals surface area (Å²) in [5, 5.41) is 9.76. The molecule has 0 radical (unpaired) electrons. The molecule has 114 valence electrons. The van der Waals surface area contributed by atoms with Crippen molar-refractivity contribution in [1.29, 1.82) is 0 Å². The van der Waals surface area contributed by atoms with Gasteiger partial charge in [-0.25, -0.2) is 4.98 Å². The molecule has 2 N–H and O–H groups in total. The predicted molar refractivity (Wildman–Crippen MR) is 90.7 cm³/mol. The second-order valence-electron chi connectivity index (χ2n) is 5.06. The molecule has 0 saturated carbocycles. The summed E-state index contributed by atoms with van der Waals surface area (Å²) < 4.78 is 0. The van der Waals surface area contributed by atoms with E-state index in [9.17, 15) is 4.79 Å². The first-order chi connectivity index (χ1) is 11.2. The normalized spacial score (nSPS) is 10.8. The van der Waals surface area contributed by atoms with Gasteiger partial charge in [0.15, 0.2) is 5.82 Å². The largest absolute Gasteiger partial charge is 0.322 e. The molecule has 0 spiro atoms. The average molecular weight is 304 g/mol. The molecule has 0 saturated heterocycles. The van der Waals surface area contributed by atoms with Crippen LogP contribution in [-0.2, 0) is 4.79 Å². The van der Waals surface area contributed by atoms with Crippen LogP contribution < -0.4 is 5.32 Å². The second kappa shape index (κ2) is 6.70. The van der Waals surface area contributed by atoms with Crippen molar-refractivity contribution in [2.24, 2.45) is 0 Å². The van der Waals surface area contributed by atoms with Gasteiger partial charge in [-0.2, -0.15) is 5.10 Å². The first-order valence-corrected chi connectivity index (χ1v) is 7.24. The molecule has 1 amide bonds. The maximum absolute atomic E-state index is 12.0. The highest BCUT2D eigenvalue weighted by atomic mass is 16.1. The van der Waals surface area contributed by atoms with Crippen molar-refractivity contribution in [2.75, 3.05) is 5.32 Å². The van der Waals surface area contributed by atoms with Crippen molar-refractivity contribution in [2.45, 2.75) is 6.92 Å². The van der Waals surface area contributed by atoms with Crippen LogP contribution in [0.15, 0.2) is 60.7 Å². The average Bonchev–Trinajstić information content (AvgIpc) is 3.01. The van der Waals surface area contributed by atoms with Crippen molar-refractivity contribution in [1.82, 2.24) is 15.2 Å². The molecule has 1 aromatic heterocycles. The quantitative estimate of drug-likeness (QED) is 0.725. The summed E-state index contributed by atoms with van der Waals surface area (Å²) in [4.78, 5) is 16.3. The molecular weight excluding hydrogens is 288 g/mol. The van der Waals surface area contributed by atoms with Crippen LogP contribution in [0, 0.1) is 6.92 Å². The zero-order chi connectivity index (χ0) is 16.1. The van der Waals surface area contributed by atoms with E-state index in [2.05, 4.69) is 20.5 Å². The predicted octanol–water partition coefficient (Wildman–Crippen LogP) is 3.43. The lowest BCUT2D eigenvalue weighted by Gasteiger charge is -2.03. The minimum absolute atomic E-state index is 0.183. The van der Waals surface area contributed by atoms with Gasteiger partial charge in [0, 0.05) is 17.3 Å². The Hall–Kier alpha value is -3.21. The van der Waals surface area contributed by atoms with Gasteiger partial charge in [-0.3, -0.25) is 9.89 Å². The minimum atomic E-state index is -0.183. The lowest BCUT2D eigenvalue weighted by molar-refractivity contribution is -0.111. The molecule has 3 rings (SSSR count). The molecule has 5 heteroatoms. The fourth-order valence-corrected chi connectivity index (χ4v) is 2.13. The highest BCUT2D eigenvalue weighted by Gasteiger charge is 2.05. The summed E-state index contributed by atoms with van der Waals surface area (Å²) in [7, 11) is 0. The monoisotopic (exact) mass is 304 g/mol. The standard InChI is InChI=1S/C18H16N4O/c1-13-19-18(22-21-13)15-8-5-9-16(12-15)20-17(23)11-10-14-6-3-2-4-7-14/h2-12H,1H3,(H,20,23)(H,19,21,22). The van der Waals surface area contributed by atoms with E-state index in [1.54, 1.807) is 6.08 Å². The summed E-state index contributed by atoms with van der Waals surface area (Å²) in [6.45, 7) is 1.84. The maximum Gasteiger partial charge on any atom is 0.248 e. The first-order valence-electron chi connectivity index (χ1n) is 7.24. The zero-order valence-corrected chi connectivity index (χ0v) is 12.7. The lowest BCUT2D eigenvalue weighted by atomic mass is 10.2. The molecular formula is C18H16N4O. The van der Waals surface area contributed by atoms with Crippen molar-refractivity contribution in [3.8, 4) is 11.4 Å². The molecule has 0 aliphatic heterocycles. The van der Waals surface area contributed by atoms with E-state index >= 15 is 0 Å². The van der Waals surface area contributed by atoms with Crippen molar-refractivity contribution < 1.29 is 4.79 Å². The van der Waals surface area contributed by atoms with Gasteiger partial charge in [0.25, 0.3) is 0 Å². The van der Waals surface area contributed by atoms with Crippen LogP contribution in [0.25, 0.3) is 17.5 Å². The Labute approximate surface area is 134 Å². The van der Waals surface area contributed by atoms with Gasteiger partial charge in [-0.15, -0.1) is 0 Å². The van der Waals surface area contributed by atoms with Crippen molar-refractivity contribution in [3.05, 3.63) is 72.1 Å². The number of hydrogen-bond acceptors (Lipinski definition) is 3. The number of benzene rings is 2. The van der Waals surface area contributed by atoms with Crippen molar-refractivity contribution >= 4 is 17.7 Å². The van der Waals surface area contributed by atoms with Crippen LogP contribution in [0.3, 0.4) is 0 Å². The molecule has 2 aromatic carbocycles. The van der Waals surface area contributed by atoms with Gasteiger partial charge in [0.2, 0.25) is 5.91 Å². The Morgan fingerprint density at radius 1 is 1.13 bits per heavy atom. The zero-order valence-electron chi connectivity index (χ0n) is 12.7. The van der Waals surface area contributed by atoms with Crippen LogP contribution in [-0.4, -0.2) is 21.1 Å². The van der Waals surface area contributed by atoms with E-state index in [0.29, 0.717) is 11.5 Å². The van der Waals surface area contributed by atoms with E-state index in [1.807, 2.05) is 61.5 Å². The molecule has 0 aliphatic carbocycles. The highest BCUT2D eigenvalue weighted by molar-refractivity contribution is 6.02. The Morgan fingerprint density at radius 2 is 1.96 bits per heavy atom. The molecule has 0 unspecified atom stereocenters. The van der Waals surface area contributed by atoms with E-state index in [4.69, 9.17) is 0 Å². The van der Waals surface area contributed by atoms with Gasteiger partial charge in [0.05, 0.1) is 0 Å². The Kier molecular flexibility index (Phi) is 4.29. The summed E-state index contributed by atoms with van der Waals surface area (Å²) in [6, 6.07) is 17.1. The first kappa shape index (κ1) is 14.7. The molecule has 23 heavy (non-hydrogen) atoms. The smallest absolute Gasteiger partial charge is 0.248 e. The summed E-state index contributed by atoms with van der Waals surface area (Å²) in [5.74, 6) is 1.18. The molecule has 0 bridgehead atoms.